The van der Waals surface area contributed by atoms with Crippen LogP contribution >= 0.6 is 24.0 Å². The lowest BCUT2D eigenvalue weighted by Crippen LogP contribution is -2.49. The Bertz CT molecular complexity index is 607. The van der Waals surface area contributed by atoms with Crippen molar-refractivity contribution >= 4 is 35.8 Å². The number of ether oxygens (including phenoxy) is 2. The van der Waals surface area contributed by atoms with Crippen molar-refractivity contribution < 1.29 is 19.1 Å². The van der Waals surface area contributed by atoms with Crippen molar-refractivity contribution in [3.63, 3.8) is 0 Å². The van der Waals surface area contributed by atoms with Crippen LogP contribution in [0.25, 0.3) is 0 Å². The molecule has 0 aliphatic heterocycles. The Labute approximate surface area is 158 Å². The molecule has 0 saturated heterocycles. The lowest BCUT2D eigenvalue weighted by Gasteiger charge is -2.26. The number of carbonyl (C=O) groups excluding carboxylic acids is 2. The first-order chi connectivity index (χ1) is 11.3. The van der Waals surface area contributed by atoms with Crippen LogP contribution in [0.5, 0.6) is 11.5 Å². The summed E-state index contributed by atoms with van der Waals surface area (Å²) >= 11 is 6.12. The fraction of sp³-hybridized carbons (Fsp3) is 0.500. The van der Waals surface area contributed by atoms with Gasteiger partial charge in [0, 0.05) is 17.6 Å². The van der Waals surface area contributed by atoms with Gasteiger partial charge in [-0.1, -0.05) is 25.4 Å². The van der Waals surface area contributed by atoms with Crippen LogP contribution in [0.4, 0.5) is 0 Å². The summed E-state index contributed by atoms with van der Waals surface area (Å²) in [7, 11) is 1.41. The molecule has 0 spiro atoms. The molecule has 0 bridgehead atoms. The molecule has 0 radical (unpaired) electrons. The molecule has 0 aliphatic carbocycles. The molecule has 0 fully saturated rings. The van der Waals surface area contributed by atoms with Gasteiger partial charge in [0.1, 0.15) is 0 Å². The van der Waals surface area contributed by atoms with E-state index in [1.54, 1.807) is 0 Å². The number of primary amides is 1. The summed E-state index contributed by atoms with van der Waals surface area (Å²) in [5, 5.41) is 2.94. The summed E-state index contributed by atoms with van der Waals surface area (Å²) in [4.78, 5) is 23.2. The highest BCUT2D eigenvalue weighted by atomic mass is 35.5. The van der Waals surface area contributed by atoms with Gasteiger partial charge >= 0.3 is 0 Å². The fourth-order valence-corrected chi connectivity index (χ4v) is 2.26. The van der Waals surface area contributed by atoms with Crippen molar-refractivity contribution in [3.8, 4) is 11.5 Å². The van der Waals surface area contributed by atoms with Crippen molar-refractivity contribution in [1.82, 2.24) is 5.32 Å². The second-order valence-electron chi connectivity index (χ2n) is 5.50. The fourth-order valence-electron chi connectivity index (χ4n) is 1.99. The molecule has 0 unspecified atom stereocenters. The summed E-state index contributed by atoms with van der Waals surface area (Å²) in [6.45, 7) is 3.95. The summed E-state index contributed by atoms with van der Waals surface area (Å²) in [6, 6.07) is 2.92. The smallest absolute Gasteiger partial charge is 0.255 e. The molecule has 1 rings (SSSR count). The van der Waals surface area contributed by atoms with E-state index in [1.807, 2.05) is 13.8 Å². The SMILES string of the molecule is CCC(N)(CC)CNC(=O)c1cc(Cl)c(OCC(N)=O)c(OC)c1.Cl. The van der Waals surface area contributed by atoms with Crippen molar-refractivity contribution in [2.75, 3.05) is 20.3 Å². The number of carbonyl (C=O) groups is 2. The second-order valence-corrected chi connectivity index (χ2v) is 5.90. The van der Waals surface area contributed by atoms with Gasteiger partial charge in [-0.2, -0.15) is 0 Å². The van der Waals surface area contributed by atoms with Crippen LogP contribution in [0.2, 0.25) is 5.02 Å². The zero-order valence-corrected chi connectivity index (χ0v) is 16.1. The van der Waals surface area contributed by atoms with Crippen LogP contribution in [0.3, 0.4) is 0 Å². The lowest BCUT2D eigenvalue weighted by molar-refractivity contribution is -0.119. The quantitative estimate of drug-likeness (QED) is 0.591. The number of nitrogens with one attached hydrogen (secondary N) is 1. The molecule has 1 aromatic carbocycles. The molecule has 5 N–H and O–H groups in total. The van der Waals surface area contributed by atoms with E-state index in [9.17, 15) is 9.59 Å². The van der Waals surface area contributed by atoms with E-state index in [-0.39, 0.29) is 41.4 Å². The van der Waals surface area contributed by atoms with Crippen molar-refractivity contribution in [2.24, 2.45) is 11.5 Å². The van der Waals surface area contributed by atoms with Crippen LogP contribution in [0, 0.1) is 0 Å². The predicted octanol–water partition coefficient (Wildman–Crippen LogP) is 1.88. The van der Waals surface area contributed by atoms with Crippen molar-refractivity contribution in [3.05, 3.63) is 22.7 Å². The Morgan fingerprint density at radius 2 is 1.88 bits per heavy atom. The topological polar surface area (TPSA) is 117 Å². The standard InChI is InChI=1S/C16H24ClN3O4.ClH/c1-4-16(19,5-2)9-20-15(22)10-6-11(17)14(12(7-10)23-3)24-8-13(18)21;/h6-7H,4-5,8-9,19H2,1-3H3,(H2,18,21)(H,20,22);1H. The Balaban J connectivity index is 0.00000576. The number of nitrogens with two attached hydrogens (primary N) is 2. The van der Waals surface area contributed by atoms with Gasteiger partial charge in [-0.3, -0.25) is 9.59 Å². The third kappa shape index (κ3) is 6.61. The monoisotopic (exact) mass is 393 g/mol. The number of amides is 2. The summed E-state index contributed by atoms with van der Waals surface area (Å²) in [5.41, 5.74) is 11.1. The minimum Gasteiger partial charge on any atom is -0.493 e. The number of halogens is 2. The van der Waals surface area contributed by atoms with Gasteiger partial charge in [-0.25, -0.2) is 0 Å². The molecule has 0 atom stereocenters. The van der Waals surface area contributed by atoms with E-state index >= 15 is 0 Å². The molecular formula is C16H25Cl2N3O4. The van der Waals surface area contributed by atoms with Gasteiger partial charge < -0.3 is 26.3 Å². The van der Waals surface area contributed by atoms with Gasteiger partial charge in [0.15, 0.2) is 18.1 Å². The molecule has 2 amide bonds. The first-order valence-electron chi connectivity index (χ1n) is 7.62. The number of rotatable bonds is 9. The van der Waals surface area contributed by atoms with Gasteiger partial charge in [-0.05, 0) is 25.0 Å². The molecule has 7 nitrogen and oxygen atoms in total. The lowest BCUT2D eigenvalue weighted by atomic mass is 9.94. The van der Waals surface area contributed by atoms with E-state index in [2.05, 4.69) is 5.32 Å². The van der Waals surface area contributed by atoms with E-state index in [0.717, 1.165) is 12.8 Å². The molecule has 0 saturated carbocycles. The molecule has 0 aliphatic rings. The predicted molar refractivity (Wildman–Crippen MR) is 99.8 cm³/mol. The van der Waals surface area contributed by atoms with Gasteiger partial charge in [-0.15, -0.1) is 12.4 Å². The zero-order chi connectivity index (χ0) is 18.3. The number of hydrogen-bond acceptors (Lipinski definition) is 5. The highest BCUT2D eigenvalue weighted by Crippen LogP contribution is 2.36. The second kappa shape index (κ2) is 10.3. The van der Waals surface area contributed by atoms with E-state index in [1.165, 1.54) is 19.2 Å². The molecule has 25 heavy (non-hydrogen) atoms. The van der Waals surface area contributed by atoms with Gasteiger partial charge in [0.2, 0.25) is 0 Å². The van der Waals surface area contributed by atoms with Crippen LogP contribution in [0.15, 0.2) is 12.1 Å². The largest absolute Gasteiger partial charge is 0.493 e. The molecule has 1 aromatic rings. The maximum absolute atomic E-state index is 12.3. The third-order valence-electron chi connectivity index (χ3n) is 3.86. The maximum Gasteiger partial charge on any atom is 0.255 e. The first kappa shape index (κ1) is 23.3. The summed E-state index contributed by atoms with van der Waals surface area (Å²) in [6.07, 6.45) is 1.49. The first-order valence-corrected chi connectivity index (χ1v) is 7.99. The van der Waals surface area contributed by atoms with Crippen LogP contribution in [0.1, 0.15) is 37.0 Å². The molecular weight excluding hydrogens is 369 g/mol. The highest BCUT2D eigenvalue weighted by molar-refractivity contribution is 6.32. The molecule has 0 heterocycles. The van der Waals surface area contributed by atoms with E-state index in [4.69, 9.17) is 32.5 Å². The summed E-state index contributed by atoms with van der Waals surface area (Å²) < 4.78 is 10.4. The van der Waals surface area contributed by atoms with Crippen LogP contribution in [-0.4, -0.2) is 37.6 Å². The van der Waals surface area contributed by atoms with Crippen molar-refractivity contribution in [2.45, 2.75) is 32.2 Å². The Morgan fingerprint density at radius 1 is 1.28 bits per heavy atom. The minimum absolute atomic E-state index is 0. The van der Waals surface area contributed by atoms with Gasteiger partial charge in [0.05, 0.1) is 12.1 Å². The Hall–Kier alpha value is -1.70. The van der Waals surface area contributed by atoms with E-state index in [0.29, 0.717) is 12.1 Å². The Kier molecular flexibility index (Phi) is 9.62. The average molecular weight is 394 g/mol. The zero-order valence-electron chi connectivity index (χ0n) is 14.6. The average Bonchev–Trinajstić information content (AvgIpc) is 2.57. The number of hydrogen-bond donors (Lipinski definition) is 3. The minimum atomic E-state index is -0.645. The molecule has 142 valence electrons. The van der Waals surface area contributed by atoms with Crippen LogP contribution in [-0.2, 0) is 4.79 Å². The summed E-state index contributed by atoms with van der Waals surface area (Å²) in [5.74, 6) is -0.578. The molecule has 9 heteroatoms. The van der Waals surface area contributed by atoms with Gasteiger partial charge in [0.25, 0.3) is 11.8 Å². The number of benzene rings is 1. The Morgan fingerprint density at radius 3 is 2.36 bits per heavy atom. The third-order valence-corrected chi connectivity index (χ3v) is 4.14. The van der Waals surface area contributed by atoms with Crippen LogP contribution < -0.4 is 26.3 Å². The van der Waals surface area contributed by atoms with E-state index < -0.39 is 11.4 Å². The normalized spacial score (nSPS) is 10.6. The molecule has 0 aromatic heterocycles. The maximum atomic E-state index is 12.3. The number of methoxy groups -OCH3 is 1. The highest BCUT2D eigenvalue weighted by Gasteiger charge is 2.22. The van der Waals surface area contributed by atoms with Crippen molar-refractivity contribution in [1.29, 1.82) is 0 Å².